The summed E-state index contributed by atoms with van der Waals surface area (Å²) in [6, 6.07) is 12.1. The van der Waals surface area contributed by atoms with Crippen LogP contribution in [0.3, 0.4) is 0 Å². The highest BCUT2D eigenvalue weighted by Crippen LogP contribution is 2.35. The van der Waals surface area contributed by atoms with Crippen LogP contribution < -0.4 is 10.1 Å². The van der Waals surface area contributed by atoms with Crippen LogP contribution >= 0.6 is 0 Å². The molecule has 1 heterocycles. The van der Waals surface area contributed by atoms with Crippen molar-refractivity contribution in [1.29, 1.82) is 0 Å². The lowest BCUT2D eigenvalue weighted by Crippen LogP contribution is -2.19. The average Bonchev–Trinajstić information content (AvgIpc) is 2.74. The second-order valence-electron chi connectivity index (χ2n) is 7.57. The molecule has 0 unspecified atom stereocenters. The lowest BCUT2D eigenvalue weighted by molar-refractivity contribution is 0.0697. The third-order valence-electron chi connectivity index (χ3n) is 5.51. The molecule has 6 heteroatoms. The lowest BCUT2D eigenvalue weighted by atomic mass is 9.82. The summed E-state index contributed by atoms with van der Waals surface area (Å²) in [5, 5.41) is 12.6. The minimum absolute atomic E-state index is 0.222. The van der Waals surface area contributed by atoms with E-state index in [9.17, 15) is 14.3 Å². The van der Waals surface area contributed by atoms with E-state index in [-0.39, 0.29) is 17.3 Å². The molecule has 3 aromatic rings. The Bertz CT molecular complexity index is 1080. The number of nitrogens with zero attached hydrogens (tertiary/aromatic N) is 1. The Labute approximate surface area is 174 Å². The number of carbonyl (C=O) groups is 1. The van der Waals surface area contributed by atoms with E-state index in [2.05, 4.69) is 22.4 Å². The Hall–Kier alpha value is -3.41. The summed E-state index contributed by atoms with van der Waals surface area (Å²) < 4.78 is 19.3. The molecule has 5 nitrogen and oxygen atoms in total. The van der Waals surface area contributed by atoms with E-state index in [1.807, 2.05) is 13.0 Å². The van der Waals surface area contributed by atoms with Crippen molar-refractivity contribution in [3.63, 3.8) is 0 Å². The number of halogens is 1. The van der Waals surface area contributed by atoms with Gasteiger partial charge in [0, 0.05) is 18.7 Å². The van der Waals surface area contributed by atoms with Crippen LogP contribution in [0.1, 0.15) is 45.8 Å². The number of aromatic nitrogens is 1. The number of pyridine rings is 1. The largest absolute Gasteiger partial charge is 0.478 e. The van der Waals surface area contributed by atoms with Crippen LogP contribution in [0.25, 0.3) is 0 Å². The van der Waals surface area contributed by atoms with Gasteiger partial charge >= 0.3 is 5.97 Å². The summed E-state index contributed by atoms with van der Waals surface area (Å²) in [6.07, 6.45) is 6.08. The lowest BCUT2D eigenvalue weighted by Gasteiger charge is -2.27. The van der Waals surface area contributed by atoms with Crippen LogP contribution in [0.5, 0.6) is 11.5 Å². The van der Waals surface area contributed by atoms with Crippen molar-refractivity contribution in [1.82, 2.24) is 4.98 Å². The van der Waals surface area contributed by atoms with Gasteiger partial charge in [-0.25, -0.2) is 9.18 Å². The number of benzene rings is 2. The third-order valence-corrected chi connectivity index (χ3v) is 5.51. The number of ether oxygens (including phenoxy) is 1. The molecular weight excluding hydrogens is 383 g/mol. The Kier molecular flexibility index (Phi) is 5.65. The van der Waals surface area contributed by atoms with Crippen molar-refractivity contribution in [2.24, 2.45) is 0 Å². The molecule has 0 fully saturated rings. The van der Waals surface area contributed by atoms with Crippen molar-refractivity contribution < 1.29 is 19.0 Å². The number of aromatic carboxylic acids is 1. The van der Waals surface area contributed by atoms with Gasteiger partial charge in [0.2, 0.25) is 0 Å². The number of carboxylic acids is 1. The highest BCUT2D eigenvalue weighted by atomic mass is 19.1. The number of hydrogen-bond acceptors (Lipinski definition) is 4. The predicted octanol–water partition coefficient (Wildman–Crippen LogP) is 5.55. The molecule has 1 aliphatic carbocycles. The molecule has 154 valence electrons. The minimum atomic E-state index is -0.971. The molecule has 0 aliphatic heterocycles. The van der Waals surface area contributed by atoms with Crippen LogP contribution in [0.2, 0.25) is 0 Å². The summed E-state index contributed by atoms with van der Waals surface area (Å²) in [7, 11) is 0. The molecule has 2 aromatic carbocycles. The Morgan fingerprint density at radius 3 is 2.93 bits per heavy atom. The van der Waals surface area contributed by atoms with Crippen LogP contribution in [0.15, 0.2) is 54.9 Å². The van der Waals surface area contributed by atoms with E-state index in [1.165, 1.54) is 35.5 Å². The van der Waals surface area contributed by atoms with Crippen molar-refractivity contribution in [3.8, 4) is 11.5 Å². The monoisotopic (exact) mass is 406 g/mol. The topological polar surface area (TPSA) is 71.5 Å². The smallest absolute Gasteiger partial charge is 0.337 e. The average molecular weight is 406 g/mol. The van der Waals surface area contributed by atoms with E-state index >= 15 is 0 Å². The molecule has 0 bridgehead atoms. The second-order valence-corrected chi connectivity index (χ2v) is 7.57. The highest BCUT2D eigenvalue weighted by Gasteiger charge is 2.21. The van der Waals surface area contributed by atoms with E-state index < -0.39 is 5.97 Å². The third kappa shape index (κ3) is 4.27. The number of hydrogen-bond donors (Lipinski definition) is 2. The van der Waals surface area contributed by atoms with Gasteiger partial charge in [-0.05, 0) is 79.3 Å². The summed E-state index contributed by atoms with van der Waals surface area (Å²) in [5.41, 5.74) is 3.98. The fourth-order valence-electron chi connectivity index (χ4n) is 3.98. The maximum atomic E-state index is 13.3. The molecule has 0 saturated heterocycles. The van der Waals surface area contributed by atoms with Crippen LogP contribution in [0.4, 0.5) is 10.1 Å². The molecular formula is C24H23FN2O3. The fourth-order valence-corrected chi connectivity index (χ4v) is 3.98. The van der Waals surface area contributed by atoms with Gasteiger partial charge in [-0.2, -0.15) is 0 Å². The number of nitrogens with one attached hydrogen (secondary N) is 1. The Morgan fingerprint density at radius 2 is 2.13 bits per heavy atom. The quantitative estimate of drug-likeness (QED) is 0.561. The van der Waals surface area contributed by atoms with Crippen molar-refractivity contribution in [2.45, 2.75) is 32.1 Å². The van der Waals surface area contributed by atoms with Crippen molar-refractivity contribution >= 4 is 11.7 Å². The fraction of sp³-hybridized carbons (Fsp3) is 0.250. The number of anilines is 1. The van der Waals surface area contributed by atoms with Gasteiger partial charge in [0.25, 0.3) is 0 Å². The summed E-state index contributed by atoms with van der Waals surface area (Å²) in [6.45, 7) is 2.46. The number of carboxylic acid groups (broad SMARTS) is 1. The van der Waals surface area contributed by atoms with E-state index in [0.717, 1.165) is 30.6 Å². The first-order chi connectivity index (χ1) is 14.5. The SMILES string of the molecule is Cc1cc(F)ccc1Oc1ccc2c(c1)CCC[C@H]2CNc1cnccc1C(=O)O. The van der Waals surface area contributed by atoms with Gasteiger partial charge in [0.05, 0.1) is 17.4 Å². The maximum Gasteiger partial charge on any atom is 0.337 e. The normalized spacial score (nSPS) is 15.3. The second kappa shape index (κ2) is 8.53. The molecule has 1 atom stereocenters. The number of fused-ring (bicyclic) bond motifs is 1. The molecule has 30 heavy (non-hydrogen) atoms. The van der Waals surface area contributed by atoms with Gasteiger partial charge in [0.15, 0.2) is 0 Å². The summed E-state index contributed by atoms with van der Waals surface area (Å²) >= 11 is 0. The number of aryl methyl sites for hydroxylation is 2. The molecule has 0 spiro atoms. The van der Waals surface area contributed by atoms with E-state index in [4.69, 9.17) is 4.74 Å². The van der Waals surface area contributed by atoms with E-state index in [0.29, 0.717) is 18.0 Å². The number of rotatable bonds is 6. The van der Waals surface area contributed by atoms with Crippen LogP contribution in [-0.4, -0.2) is 22.6 Å². The maximum absolute atomic E-state index is 13.3. The molecule has 1 aromatic heterocycles. The molecule has 0 saturated carbocycles. The van der Waals surface area contributed by atoms with Gasteiger partial charge < -0.3 is 15.2 Å². The predicted molar refractivity (Wildman–Crippen MR) is 113 cm³/mol. The first-order valence-corrected chi connectivity index (χ1v) is 9.99. The van der Waals surface area contributed by atoms with Gasteiger partial charge in [0.1, 0.15) is 17.3 Å². The molecule has 1 aliphatic rings. The zero-order chi connectivity index (χ0) is 21.1. The first kappa shape index (κ1) is 19.9. The Morgan fingerprint density at radius 1 is 1.27 bits per heavy atom. The highest BCUT2D eigenvalue weighted by molar-refractivity contribution is 5.93. The van der Waals surface area contributed by atoms with Crippen LogP contribution in [0, 0.1) is 12.7 Å². The van der Waals surface area contributed by atoms with Gasteiger partial charge in [-0.1, -0.05) is 6.07 Å². The minimum Gasteiger partial charge on any atom is -0.478 e. The van der Waals surface area contributed by atoms with Crippen LogP contribution in [-0.2, 0) is 6.42 Å². The van der Waals surface area contributed by atoms with E-state index in [1.54, 1.807) is 12.3 Å². The Balaban J connectivity index is 1.50. The summed E-state index contributed by atoms with van der Waals surface area (Å²) in [4.78, 5) is 15.4. The van der Waals surface area contributed by atoms with Crippen molar-refractivity contribution in [3.05, 3.63) is 82.9 Å². The van der Waals surface area contributed by atoms with Gasteiger partial charge in [-0.3, -0.25) is 4.98 Å². The standard InChI is InChI=1S/C24H23FN2O3/c1-15-11-18(25)5-8-23(15)30-19-6-7-20-16(12-19)3-2-4-17(20)13-27-22-14-26-10-9-21(22)24(28)29/h5-12,14,17,27H,2-4,13H2,1H3,(H,28,29)/t17-/m0/s1. The zero-order valence-electron chi connectivity index (χ0n) is 16.7. The molecule has 2 N–H and O–H groups in total. The van der Waals surface area contributed by atoms with Gasteiger partial charge in [-0.15, -0.1) is 0 Å². The first-order valence-electron chi connectivity index (χ1n) is 9.99. The van der Waals surface area contributed by atoms with Crippen molar-refractivity contribution in [2.75, 3.05) is 11.9 Å². The molecule has 0 amide bonds. The molecule has 4 rings (SSSR count). The summed E-state index contributed by atoms with van der Waals surface area (Å²) in [5.74, 6) is 0.403. The zero-order valence-corrected chi connectivity index (χ0v) is 16.7. The molecule has 0 radical (unpaired) electrons.